The van der Waals surface area contributed by atoms with Gasteiger partial charge in [0.1, 0.15) is 0 Å². The van der Waals surface area contributed by atoms with Crippen molar-refractivity contribution < 1.29 is 4.89 Å². The Morgan fingerprint density at radius 2 is 1.94 bits per heavy atom. The first-order valence-electron chi connectivity index (χ1n) is 7.46. The van der Waals surface area contributed by atoms with E-state index in [9.17, 15) is 4.89 Å². The Bertz CT molecular complexity index is 236. The van der Waals surface area contributed by atoms with Crippen LogP contribution < -0.4 is 5.32 Å². The molecule has 0 aromatic carbocycles. The van der Waals surface area contributed by atoms with E-state index in [1.54, 1.807) is 0 Å². The van der Waals surface area contributed by atoms with Gasteiger partial charge in [-0.25, -0.2) is 0 Å². The summed E-state index contributed by atoms with van der Waals surface area (Å²) in [4.78, 5) is 10.9. The van der Waals surface area contributed by atoms with E-state index in [0.29, 0.717) is 17.1 Å². The second kappa shape index (κ2) is 8.09. The average Bonchev–Trinajstić information content (AvgIpc) is 2.35. The summed E-state index contributed by atoms with van der Waals surface area (Å²) in [5.74, 6) is 1.56. The lowest BCUT2D eigenvalue weighted by Crippen LogP contribution is -2.50. The van der Waals surface area contributed by atoms with Crippen LogP contribution in [0.3, 0.4) is 0 Å². The van der Waals surface area contributed by atoms with Crippen molar-refractivity contribution in [3.05, 3.63) is 0 Å². The largest absolute Gasteiger partial charge is 0.276 e. The van der Waals surface area contributed by atoms with Gasteiger partial charge in [-0.1, -0.05) is 33.1 Å². The molecule has 4 heteroatoms. The molecule has 4 atom stereocenters. The van der Waals surface area contributed by atoms with Crippen LogP contribution in [0.2, 0.25) is 0 Å². The van der Waals surface area contributed by atoms with E-state index in [-0.39, 0.29) is 0 Å². The highest BCUT2D eigenvalue weighted by atomic mass is 32.2. The van der Waals surface area contributed by atoms with Crippen molar-refractivity contribution in [1.29, 1.82) is 0 Å². The van der Waals surface area contributed by atoms with Gasteiger partial charge in [0.2, 0.25) is 0 Å². The summed E-state index contributed by atoms with van der Waals surface area (Å²) in [6.45, 7) is 8.84. The molecular formula is C14H31NOPS+. The minimum atomic E-state index is -1.80. The fourth-order valence-electron chi connectivity index (χ4n) is 2.59. The Labute approximate surface area is 118 Å². The van der Waals surface area contributed by atoms with E-state index in [1.807, 2.05) is 0 Å². The number of hydrogen-bond donors (Lipinski definition) is 2. The van der Waals surface area contributed by atoms with Gasteiger partial charge in [0, 0.05) is 11.8 Å². The minimum Gasteiger partial charge on any atom is -0.276 e. The first-order chi connectivity index (χ1) is 8.51. The predicted molar refractivity (Wildman–Crippen MR) is 87.0 cm³/mol. The van der Waals surface area contributed by atoms with E-state index in [2.05, 4.69) is 44.5 Å². The summed E-state index contributed by atoms with van der Waals surface area (Å²) >= 11 is 2.08. The number of nitrogens with one attached hydrogen (secondary N) is 1. The van der Waals surface area contributed by atoms with Gasteiger partial charge in [-0.2, -0.15) is 11.8 Å². The number of hydrogen-bond acceptors (Lipinski definition) is 3. The molecule has 0 aliphatic carbocycles. The van der Waals surface area contributed by atoms with Crippen LogP contribution in [0.25, 0.3) is 0 Å². The first kappa shape index (κ1) is 16.8. The molecule has 0 bridgehead atoms. The lowest BCUT2D eigenvalue weighted by Gasteiger charge is -2.38. The summed E-state index contributed by atoms with van der Waals surface area (Å²) in [5, 5.41) is 4.33. The average molecular weight is 292 g/mol. The van der Waals surface area contributed by atoms with Gasteiger partial charge in [-0.05, 0) is 19.8 Å². The lowest BCUT2D eigenvalue weighted by atomic mass is 10.2. The van der Waals surface area contributed by atoms with Crippen LogP contribution in [0.1, 0.15) is 52.9 Å². The molecule has 2 N–H and O–H groups in total. The molecule has 1 saturated heterocycles. The normalized spacial score (nSPS) is 32.2. The van der Waals surface area contributed by atoms with E-state index < -0.39 is 7.49 Å². The zero-order valence-electron chi connectivity index (χ0n) is 12.5. The molecule has 0 radical (unpaired) electrons. The molecule has 0 aromatic heterocycles. The summed E-state index contributed by atoms with van der Waals surface area (Å²) < 4.78 is 0. The number of unbranched alkanes of at least 4 members (excludes halogenated alkanes) is 2. The summed E-state index contributed by atoms with van der Waals surface area (Å²) in [5.41, 5.74) is 0. The van der Waals surface area contributed by atoms with Crippen molar-refractivity contribution in [2.45, 2.75) is 70.0 Å². The molecule has 1 aliphatic heterocycles. The SMILES string of the molecule is CCCCC1SCC(C)NC1[P+](C)(O)CCCC. The molecule has 18 heavy (non-hydrogen) atoms. The fourth-order valence-corrected chi connectivity index (χ4v) is 7.54. The molecule has 4 unspecified atom stereocenters. The third kappa shape index (κ3) is 5.00. The second-order valence-electron chi connectivity index (χ2n) is 5.82. The van der Waals surface area contributed by atoms with Gasteiger partial charge in [0.05, 0.1) is 18.1 Å². The van der Waals surface area contributed by atoms with Crippen molar-refractivity contribution in [2.75, 3.05) is 18.6 Å². The minimum absolute atomic E-state index is 0.365. The highest BCUT2D eigenvalue weighted by molar-refractivity contribution is 8.00. The molecular weight excluding hydrogens is 261 g/mol. The van der Waals surface area contributed by atoms with Gasteiger partial charge < -0.3 is 0 Å². The lowest BCUT2D eigenvalue weighted by molar-refractivity contribution is 0.466. The summed E-state index contributed by atoms with van der Waals surface area (Å²) in [6.07, 6.45) is 7.18. The second-order valence-corrected chi connectivity index (χ2v) is 10.5. The Kier molecular flexibility index (Phi) is 7.53. The zero-order chi connectivity index (χ0) is 13.6. The van der Waals surface area contributed by atoms with Crippen LogP contribution in [0, 0.1) is 0 Å². The van der Waals surface area contributed by atoms with E-state index >= 15 is 0 Å². The van der Waals surface area contributed by atoms with Crippen LogP contribution in [0.5, 0.6) is 0 Å². The molecule has 0 spiro atoms. The number of thioether (sulfide) groups is 1. The monoisotopic (exact) mass is 292 g/mol. The molecule has 0 aromatic rings. The molecule has 1 heterocycles. The van der Waals surface area contributed by atoms with Gasteiger partial charge in [-0.3, -0.25) is 10.2 Å². The van der Waals surface area contributed by atoms with Crippen molar-refractivity contribution in [2.24, 2.45) is 0 Å². The highest BCUT2D eigenvalue weighted by Crippen LogP contribution is 2.59. The maximum absolute atomic E-state index is 10.9. The summed E-state index contributed by atoms with van der Waals surface area (Å²) in [7, 11) is -1.80. The van der Waals surface area contributed by atoms with Crippen molar-refractivity contribution in [1.82, 2.24) is 5.32 Å². The molecule has 1 fully saturated rings. The van der Waals surface area contributed by atoms with E-state index in [1.165, 1.54) is 37.9 Å². The maximum atomic E-state index is 10.9. The highest BCUT2D eigenvalue weighted by Gasteiger charge is 2.46. The maximum Gasteiger partial charge on any atom is 0.158 e. The quantitative estimate of drug-likeness (QED) is 0.697. The fraction of sp³-hybridized carbons (Fsp3) is 1.00. The Hall–Kier alpha value is 0.700. The van der Waals surface area contributed by atoms with Crippen molar-refractivity contribution in [3.8, 4) is 0 Å². The Balaban J connectivity index is 2.64. The van der Waals surface area contributed by atoms with Crippen LogP contribution >= 0.6 is 19.3 Å². The van der Waals surface area contributed by atoms with Gasteiger partial charge >= 0.3 is 0 Å². The predicted octanol–water partition coefficient (Wildman–Crippen LogP) is 3.95. The zero-order valence-corrected chi connectivity index (χ0v) is 14.2. The molecule has 1 rings (SSSR count). The first-order valence-corrected chi connectivity index (χ1v) is 11.0. The Morgan fingerprint density at radius 3 is 2.56 bits per heavy atom. The van der Waals surface area contributed by atoms with E-state index in [4.69, 9.17) is 0 Å². The molecule has 0 amide bonds. The van der Waals surface area contributed by atoms with Crippen LogP contribution in [0.15, 0.2) is 0 Å². The third-order valence-electron chi connectivity index (χ3n) is 3.77. The van der Waals surface area contributed by atoms with Crippen LogP contribution in [-0.4, -0.2) is 40.5 Å². The van der Waals surface area contributed by atoms with E-state index in [0.717, 1.165) is 6.16 Å². The van der Waals surface area contributed by atoms with Gasteiger partial charge in [0.15, 0.2) is 13.3 Å². The molecule has 2 nitrogen and oxygen atoms in total. The topological polar surface area (TPSA) is 32.3 Å². The molecule has 108 valence electrons. The number of rotatable bonds is 7. The van der Waals surface area contributed by atoms with Crippen LogP contribution in [-0.2, 0) is 0 Å². The Morgan fingerprint density at radius 1 is 1.28 bits per heavy atom. The standard InChI is InChI=1S/C14H31NOPS/c1-5-7-9-13-14(15-12(3)11-18-13)17(4,16)10-8-6-2/h12-16H,5-11H2,1-4H3/q+1. The van der Waals surface area contributed by atoms with Gasteiger partial charge in [-0.15, -0.1) is 0 Å². The van der Waals surface area contributed by atoms with Crippen molar-refractivity contribution >= 4 is 19.3 Å². The summed E-state index contributed by atoms with van der Waals surface area (Å²) in [6, 6.07) is 0.547. The van der Waals surface area contributed by atoms with Gasteiger partial charge in [0.25, 0.3) is 0 Å². The van der Waals surface area contributed by atoms with Crippen molar-refractivity contribution in [3.63, 3.8) is 0 Å². The molecule has 0 saturated carbocycles. The molecule has 1 aliphatic rings. The smallest absolute Gasteiger partial charge is 0.158 e. The third-order valence-corrected chi connectivity index (χ3v) is 8.53. The van der Waals surface area contributed by atoms with Crippen LogP contribution in [0.4, 0.5) is 0 Å².